The van der Waals surface area contributed by atoms with Gasteiger partial charge in [-0.2, -0.15) is 0 Å². The SMILES string of the molecule is O=C(CNc1ccccc1)Nc1ncc(Br)s1. The Bertz CT molecular complexity index is 500. The minimum Gasteiger partial charge on any atom is -0.376 e. The number of amides is 1. The zero-order valence-electron chi connectivity index (χ0n) is 8.81. The number of aromatic nitrogens is 1. The Morgan fingerprint density at radius 1 is 1.35 bits per heavy atom. The van der Waals surface area contributed by atoms with Crippen LogP contribution in [0.4, 0.5) is 10.8 Å². The van der Waals surface area contributed by atoms with Gasteiger partial charge in [0.05, 0.1) is 16.5 Å². The maximum atomic E-state index is 11.6. The Kier molecular flexibility index (Phi) is 4.11. The van der Waals surface area contributed by atoms with Gasteiger partial charge in [-0.25, -0.2) is 4.98 Å². The summed E-state index contributed by atoms with van der Waals surface area (Å²) in [6, 6.07) is 9.58. The third kappa shape index (κ3) is 3.83. The normalized spacial score (nSPS) is 9.94. The van der Waals surface area contributed by atoms with Gasteiger partial charge >= 0.3 is 0 Å². The highest BCUT2D eigenvalue weighted by atomic mass is 79.9. The van der Waals surface area contributed by atoms with Gasteiger partial charge < -0.3 is 10.6 Å². The molecule has 0 aliphatic heterocycles. The Morgan fingerprint density at radius 2 is 2.12 bits per heavy atom. The summed E-state index contributed by atoms with van der Waals surface area (Å²) in [5.41, 5.74) is 0.919. The first-order valence-electron chi connectivity index (χ1n) is 4.94. The molecular weight excluding hydrogens is 302 g/mol. The number of rotatable bonds is 4. The molecule has 2 N–H and O–H groups in total. The van der Waals surface area contributed by atoms with Crippen molar-refractivity contribution in [1.29, 1.82) is 0 Å². The summed E-state index contributed by atoms with van der Waals surface area (Å²) in [7, 11) is 0. The molecule has 1 aromatic carbocycles. The maximum Gasteiger partial charge on any atom is 0.245 e. The molecule has 4 nitrogen and oxygen atoms in total. The summed E-state index contributed by atoms with van der Waals surface area (Å²) in [4.78, 5) is 15.6. The Hall–Kier alpha value is -1.40. The molecule has 0 saturated heterocycles. The van der Waals surface area contributed by atoms with E-state index >= 15 is 0 Å². The number of hydrogen-bond donors (Lipinski definition) is 2. The average molecular weight is 312 g/mol. The highest BCUT2D eigenvalue weighted by molar-refractivity contribution is 9.11. The molecule has 0 radical (unpaired) electrons. The van der Waals surface area contributed by atoms with Crippen LogP contribution in [-0.4, -0.2) is 17.4 Å². The van der Waals surface area contributed by atoms with E-state index in [0.717, 1.165) is 9.47 Å². The van der Waals surface area contributed by atoms with Crippen LogP contribution in [0.1, 0.15) is 0 Å². The molecule has 0 saturated carbocycles. The molecule has 0 bridgehead atoms. The molecule has 0 unspecified atom stereocenters. The fourth-order valence-corrected chi connectivity index (χ4v) is 2.34. The van der Waals surface area contributed by atoms with Crippen LogP contribution in [0.3, 0.4) is 0 Å². The number of nitrogens with zero attached hydrogens (tertiary/aromatic N) is 1. The number of carbonyl (C=O) groups is 1. The van der Waals surface area contributed by atoms with E-state index in [1.54, 1.807) is 6.20 Å². The monoisotopic (exact) mass is 311 g/mol. The van der Waals surface area contributed by atoms with Gasteiger partial charge in [0.1, 0.15) is 0 Å². The Labute approximate surface area is 111 Å². The summed E-state index contributed by atoms with van der Waals surface area (Å²) in [6.45, 7) is 0.223. The van der Waals surface area contributed by atoms with Crippen molar-refractivity contribution in [2.24, 2.45) is 0 Å². The predicted molar refractivity (Wildman–Crippen MR) is 73.4 cm³/mol. The van der Waals surface area contributed by atoms with Crippen LogP contribution in [0, 0.1) is 0 Å². The quantitative estimate of drug-likeness (QED) is 0.912. The molecule has 2 aromatic rings. The minimum absolute atomic E-state index is 0.115. The molecule has 1 heterocycles. The van der Waals surface area contributed by atoms with E-state index in [-0.39, 0.29) is 12.5 Å². The van der Waals surface area contributed by atoms with Crippen molar-refractivity contribution in [2.75, 3.05) is 17.2 Å². The Balaban J connectivity index is 1.82. The van der Waals surface area contributed by atoms with E-state index in [1.165, 1.54) is 11.3 Å². The summed E-state index contributed by atoms with van der Waals surface area (Å²) in [6.07, 6.45) is 1.66. The number of carbonyl (C=O) groups excluding carboxylic acids is 1. The lowest BCUT2D eigenvalue weighted by Gasteiger charge is -2.05. The predicted octanol–water partition coefficient (Wildman–Crippen LogP) is 2.96. The summed E-state index contributed by atoms with van der Waals surface area (Å²) >= 11 is 4.67. The van der Waals surface area contributed by atoms with Gasteiger partial charge in [0.2, 0.25) is 5.91 Å². The lowest BCUT2D eigenvalue weighted by atomic mass is 10.3. The van der Waals surface area contributed by atoms with Crippen LogP contribution >= 0.6 is 27.3 Å². The number of benzene rings is 1. The highest BCUT2D eigenvalue weighted by Gasteiger charge is 2.05. The highest BCUT2D eigenvalue weighted by Crippen LogP contribution is 2.22. The first kappa shape index (κ1) is 12.1. The molecule has 1 amide bonds. The maximum absolute atomic E-state index is 11.6. The van der Waals surface area contributed by atoms with Gasteiger partial charge in [0.25, 0.3) is 0 Å². The molecule has 2 rings (SSSR count). The zero-order chi connectivity index (χ0) is 12.1. The van der Waals surface area contributed by atoms with Crippen molar-refractivity contribution in [3.63, 3.8) is 0 Å². The number of thiazole rings is 1. The molecule has 88 valence electrons. The number of hydrogen-bond acceptors (Lipinski definition) is 4. The average Bonchev–Trinajstić information content (AvgIpc) is 2.73. The zero-order valence-corrected chi connectivity index (χ0v) is 11.2. The van der Waals surface area contributed by atoms with Crippen LogP contribution in [0.15, 0.2) is 40.3 Å². The molecule has 17 heavy (non-hydrogen) atoms. The van der Waals surface area contributed by atoms with E-state index in [2.05, 4.69) is 31.5 Å². The molecular formula is C11H10BrN3OS. The van der Waals surface area contributed by atoms with Crippen LogP contribution < -0.4 is 10.6 Å². The third-order valence-electron chi connectivity index (χ3n) is 1.95. The third-order valence-corrected chi connectivity index (χ3v) is 3.34. The topological polar surface area (TPSA) is 54.0 Å². The van der Waals surface area contributed by atoms with Crippen molar-refractivity contribution in [3.05, 3.63) is 40.3 Å². The molecule has 0 aliphatic rings. The van der Waals surface area contributed by atoms with Gasteiger partial charge in [-0.3, -0.25) is 4.79 Å². The fraction of sp³-hybridized carbons (Fsp3) is 0.0909. The van der Waals surface area contributed by atoms with E-state index in [9.17, 15) is 4.79 Å². The molecule has 1 aromatic heterocycles. The van der Waals surface area contributed by atoms with Gasteiger partial charge in [-0.05, 0) is 28.1 Å². The standard InChI is InChI=1S/C11H10BrN3OS/c12-9-6-14-11(17-9)15-10(16)7-13-8-4-2-1-3-5-8/h1-6,13H,7H2,(H,14,15,16). The van der Waals surface area contributed by atoms with Crippen molar-refractivity contribution >= 4 is 44.0 Å². The second kappa shape index (κ2) is 5.79. The molecule has 0 atom stereocenters. The second-order valence-electron chi connectivity index (χ2n) is 3.24. The molecule has 0 fully saturated rings. The van der Waals surface area contributed by atoms with Crippen LogP contribution in [0.5, 0.6) is 0 Å². The lowest BCUT2D eigenvalue weighted by Crippen LogP contribution is -2.21. The van der Waals surface area contributed by atoms with Crippen LogP contribution in [0.25, 0.3) is 0 Å². The number of para-hydroxylation sites is 1. The van der Waals surface area contributed by atoms with Crippen molar-refractivity contribution in [1.82, 2.24) is 4.98 Å². The first-order chi connectivity index (χ1) is 8.24. The van der Waals surface area contributed by atoms with Gasteiger partial charge in [-0.15, -0.1) is 0 Å². The van der Waals surface area contributed by atoms with E-state index in [0.29, 0.717) is 5.13 Å². The molecule has 0 aliphatic carbocycles. The van der Waals surface area contributed by atoms with Crippen LogP contribution in [-0.2, 0) is 4.79 Å². The van der Waals surface area contributed by atoms with Gasteiger partial charge in [-0.1, -0.05) is 29.5 Å². The number of halogens is 1. The molecule has 0 spiro atoms. The fourth-order valence-electron chi connectivity index (χ4n) is 1.21. The van der Waals surface area contributed by atoms with Crippen molar-refractivity contribution < 1.29 is 4.79 Å². The van der Waals surface area contributed by atoms with Gasteiger partial charge in [0, 0.05) is 5.69 Å². The summed E-state index contributed by atoms with van der Waals surface area (Å²) in [5.74, 6) is -0.115. The second-order valence-corrected chi connectivity index (χ2v) is 5.65. The Morgan fingerprint density at radius 3 is 2.76 bits per heavy atom. The minimum atomic E-state index is -0.115. The largest absolute Gasteiger partial charge is 0.376 e. The molecule has 6 heteroatoms. The van der Waals surface area contributed by atoms with E-state index in [1.807, 2.05) is 30.3 Å². The van der Waals surface area contributed by atoms with Gasteiger partial charge in [0.15, 0.2) is 5.13 Å². The van der Waals surface area contributed by atoms with E-state index in [4.69, 9.17) is 0 Å². The smallest absolute Gasteiger partial charge is 0.245 e. The summed E-state index contributed by atoms with van der Waals surface area (Å²) < 4.78 is 0.892. The number of nitrogens with one attached hydrogen (secondary N) is 2. The van der Waals surface area contributed by atoms with Crippen molar-refractivity contribution in [2.45, 2.75) is 0 Å². The van der Waals surface area contributed by atoms with Crippen molar-refractivity contribution in [3.8, 4) is 0 Å². The number of anilines is 2. The first-order valence-corrected chi connectivity index (χ1v) is 6.55. The lowest BCUT2D eigenvalue weighted by molar-refractivity contribution is -0.114. The summed E-state index contributed by atoms with van der Waals surface area (Å²) in [5, 5.41) is 6.33. The van der Waals surface area contributed by atoms with Crippen LogP contribution in [0.2, 0.25) is 0 Å². The van der Waals surface area contributed by atoms with E-state index < -0.39 is 0 Å².